The molecule has 2 aromatic heterocycles. The fourth-order valence-corrected chi connectivity index (χ4v) is 3.38. The Morgan fingerprint density at radius 3 is 2.68 bits per heavy atom. The molecule has 28 heavy (non-hydrogen) atoms. The van der Waals surface area contributed by atoms with Gasteiger partial charge in [0.15, 0.2) is 0 Å². The van der Waals surface area contributed by atoms with Gasteiger partial charge >= 0.3 is 6.01 Å². The number of aliphatic hydroxyl groups excluding tert-OH is 1. The van der Waals surface area contributed by atoms with Gasteiger partial charge in [0.25, 0.3) is 5.89 Å². The molecule has 7 nitrogen and oxygen atoms in total. The summed E-state index contributed by atoms with van der Waals surface area (Å²) in [4.78, 5) is 4.86. The standard InChI is InChI=1S/C21H27N5O2/c1-21(2,3)15-10-13(12-5-6-12)9-14-16(22)11-17(24-18(14)15)19-25-26-20(28-19)23-7-4-8-27/h9-12,27H,4-8H2,1-3H3,(H2,22,24)(H,23,26). The molecule has 0 atom stereocenters. The van der Waals surface area contributed by atoms with Crippen LogP contribution in [0.5, 0.6) is 0 Å². The summed E-state index contributed by atoms with van der Waals surface area (Å²) in [5.41, 5.74) is 11.0. The van der Waals surface area contributed by atoms with Gasteiger partial charge in [-0.3, -0.25) is 0 Å². The molecule has 1 aliphatic carbocycles. The molecule has 1 aromatic carbocycles. The van der Waals surface area contributed by atoms with Crippen LogP contribution >= 0.6 is 0 Å². The summed E-state index contributed by atoms with van der Waals surface area (Å²) in [6, 6.07) is 6.58. The number of hydrogen-bond donors (Lipinski definition) is 3. The molecule has 3 aromatic rings. The van der Waals surface area contributed by atoms with E-state index in [1.54, 1.807) is 6.07 Å². The molecule has 1 fully saturated rings. The molecule has 0 unspecified atom stereocenters. The van der Waals surface area contributed by atoms with Gasteiger partial charge in [0.05, 0.1) is 5.52 Å². The zero-order chi connectivity index (χ0) is 19.9. The lowest BCUT2D eigenvalue weighted by Gasteiger charge is -2.23. The first-order valence-corrected chi connectivity index (χ1v) is 9.80. The Morgan fingerprint density at radius 1 is 1.21 bits per heavy atom. The lowest BCUT2D eigenvalue weighted by Crippen LogP contribution is -2.13. The number of rotatable bonds is 6. The van der Waals surface area contributed by atoms with E-state index in [1.807, 2.05) is 0 Å². The Kier molecular flexibility index (Phi) is 4.71. The molecular weight excluding hydrogens is 354 g/mol. The molecular formula is C21H27N5O2. The second-order valence-electron chi connectivity index (χ2n) is 8.50. The van der Waals surface area contributed by atoms with Crippen molar-refractivity contribution in [3.8, 4) is 11.6 Å². The summed E-state index contributed by atoms with van der Waals surface area (Å²) in [6.07, 6.45) is 3.10. The van der Waals surface area contributed by atoms with Crippen molar-refractivity contribution in [3.63, 3.8) is 0 Å². The summed E-state index contributed by atoms with van der Waals surface area (Å²) in [5.74, 6) is 0.972. The number of pyridine rings is 1. The van der Waals surface area contributed by atoms with E-state index in [4.69, 9.17) is 20.2 Å². The van der Waals surface area contributed by atoms with E-state index in [2.05, 4.69) is 48.4 Å². The lowest BCUT2D eigenvalue weighted by molar-refractivity contribution is 0.292. The summed E-state index contributed by atoms with van der Waals surface area (Å²) in [7, 11) is 0. The minimum absolute atomic E-state index is 0.0624. The second-order valence-corrected chi connectivity index (χ2v) is 8.50. The average Bonchev–Trinajstić information content (AvgIpc) is 3.39. The first-order chi connectivity index (χ1) is 13.4. The van der Waals surface area contributed by atoms with Gasteiger partial charge in [0, 0.05) is 24.2 Å². The minimum atomic E-state index is -0.0624. The largest absolute Gasteiger partial charge is 0.402 e. The molecule has 2 heterocycles. The van der Waals surface area contributed by atoms with E-state index in [-0.39, 0.29) is 12.0 Å². The van der Waals surface area contributed by atoms with E-state index in [0.29, 0.717) is 42.2 Å². The Bertz CT molecular complexity index is 1000. The summed E-state index contributed by atoms with van der Waals surface area (Å²) >= 11 is 0. The number of aromatic nitrogens is 3. The van der Waals surface area contributed by atoms with Crippen LogP contribution in [0.4, 0.5) is 11.7 Å². The highest BCUT2D eigenvalue weighted by molar-refractivity contribution is 5.95. The normalized spacial score (nSPS) is 14.6. The number of aliphatic hydroxyl groups is 1. The van der Waals surface area contributed by atoms with Gasteiger partial charge in [-0.15, -0.1) is 5.10 Å². The van der Waals surface area contributed by atoms with E-state index in [1.165, 1.54) is 24.0 Å². The van der Waals surface area contributed by atoms with Crippen LogP contribution in [0.3, 0.4) is 0 Å². The monoisotopic (exact) mass is 381 g/mol. The number of nitrogen functional groups attached to an aromatic ring is 1. The SMILES string of the molecule is CC(C)(C)c1cc(C2CC2)cc2c(N)cc(-c3nnc(NCCCO)o3)nc12. The quantitative estimate of drug-likeness (QED) is 0.556. The second kappa shape index (κ2) is 7.05. The number of nitrogens with two attached hydrogens (primary N) is 1. The summed E-state index contributed by atoms with van der Waals surface area (Å²) in [5, 5.41) is 21.0. The van der Waals surface area contributed by atoms with Crippen molar-refractivity contribution in [1.82, 2.24) is 15.2 Å². The number of anilines is 2. The number of fused-ring (bicyclic) bond motifs is 1. The molecule has 0 radical (unpaired) electrons. The van der Waals surface area contributed by atoms with E-state index in [0.717, 1.165) is 10.9 Å². The fraction of sp³-hybridized carbons (Fsp3) is 0.476. The predicted octanol–water partition coefficient (Wildman–Crippen LogP) is 3.84. The predicted molar refractivity (Wildman–Crippen MR) is 110 cm³/mol. The Balaban J connectivity index is 1.78. The smallest absolute Gasteiger partial charge is 0.315 e. The number of hydrogen-bond acceptors (Lipinski definition) is 7. The minimum Gasteiger partial charge on any atom is -0.402 e. The summed E-state index contributed by atoms with van der Waals surface area (Å²) < 4.78 is 5.68. The zero-order valence-corrected chi connectivity index (χ0v) is 16.6. The van der Waals surface area contributed by atoms with E-state index < -0.39 is 0 Å². The van der Waals surface area contributed by atoms with E-state index in [9.17, 15) is 0 Å². The molecule has 1 aliphatic rings. The van der Waals surface area contributed by atoms with Crippen LogP contribution in [0.1, 0.15) is 57.1 Å². The average molecular weight is 381 g/mol. The van der Waals surface area contributed by atoms with Gasteiger partial charge in [-0.2, -0.15) is 0 Å². The third-order valence-electron chi connectivity index (χ3n) is 5.08. The van der Waals surface area contributed by atoms with Crippen LogP contribution in [0.25, 0.3) is 22.5 Å². The highest BCUT2D eigenvalue weighted by Crippen LogP contribution is 2.44. The lowest BCUT2D eigenvalue weighted by atomic mass is 9.83. The molecule has 1 saturated carbocycles. The van der Waals surface area contributed by atoms with Crippen LogP contribution in [0, 0.1) is 0 Å². The van der Waals surface area contributed by atoms with Gasteiger partial charge in [-0.25, -0.2) is 4.98 Å². The maximum Gasteiger partial charge on any atom is 0.315 e. The van der Waals surface area contributed by atoms with Gasteiger partial charge in [0.2, 0.25) is 0 Å². The molecule has 7 heteroatoms. The van der Waals surface area contributed by atoms with Gasteiger partial charge in [-0.05, 0) is 53.9 Å². The maximum absolute atomic E-state index is 8.88. The van der Waals surface area contributed by atoms with Gasteiger partial charge < -0.3 is 20.6 Å². The van der Waals surface area contributed by atoms with Crippen molar-refractivity contribution in [2.24, 2.45) is 0 Å². The fourth-order valence-electron chi connectivity index (χ4n) is 3.38. The Labute approximate surface area is 164 Å². The van der Waals surface area contributed by atoms with Crippen molar-refractivity contribution in [3.05, 3.63) is 29.3 Å². The third kappa shape index (κ3) is 3.67. The van der Waals surface area contributed by atoms with Crippen molar-refractivity contribution < 1.29 is 9.52 Å². The topological polar surface area (TPSA) is 110 Å². The van der Waals surface area contributed by atoms with Crippen molar-refractivity contribution in [2.45, 2.75) is 51.4 Å². The first kappa shape index (κ1) is 18.7. The van der Waals surface area contributed by atoms with Crippen LogP contribution in [0.15, 0.2) is 22.6 Å². The maximum atomic E-state index is 8.88. The van der Waals surface area contributed by atoms with E-state index >= 15 is 0 Å². The number of nitrogens with zero attached hydrogens (tertiary/aromatic N) is 3. The Hall–Kier alpha value is -2.67. The van der Waals surface area contributed by atoms with Crippen LogP contribution in [0.2, 0.25) is 0 Å². The highest BCUT2D eigenvalue weighted by atomic mass is 16.4. The molecule has 0 spiro atoms. The number of benzene rings is 1. The molecule has 0 saturated heterocycles. The van der Waals surface area contributed by atoms with Crippen LogP contribution in [-0.4, -0.2) is 33.4 Å². The molecule has 0 bridgehead atoms. The first-order valence-electron chi connectivity index (χ1n) is 9.80. The Morgan fingerprint density at radius 2 is 2.00 bits per heavy atom. The highest BCUT2D eigenvalue weighted by Gasteiger charge is 2.28. The molecule has 4 N–H and O–H groups in total. The third-order valence-corrected chi connectivity index (χ3v) is 5.08. The van der Waals surface area contributed by atoms with Crippen LogP contribution in [-0.2, 0) is 5.41 Å². The van der Waals surface area contributed by atoms with Crippen molar-refractivity contribution in [2.75, 3.05) is 24.2 Å². The van der Waals surface area contributed by atoms with Crippen molar-refractivity contribution >= 4 is 22.6 Å². The zero-order valence-electron chi connectivity index (χ0n) is 16.6. The van der Waals surface area contributed by atoms with Gasteiger partial charge in [-0.1, -0.05) is 31.9 Å². The van der Waals surface area contributed by atoms with Crippen LogP contribution < -0.4 is 11.1 Å². The molecule has 148 valence electrons. The van der Waals surface area contributed by atoms with Gasteiger partial charge in [0.1, 0.15) is 5.69 Å². The molecule has 0 amide bonds. The number of nitrogens with one attached hydrogen (secondary N) is 1. The molecule has 0 aliphatic heterocycles. The summed E-state index contributed by atoms with van der Waals surface area (Å²) in [6.45, 7) is 7.25. The van der Waals surface area contributed by atoms with Crippen molar-refractivity contribution in [1.29, 1.82) is 0 Å². The molecule has 4 rings (SSSR count).